The number of nitrogens with one attached hydrogen (secondary N) is 2. The predicted octanol–water partition coefficient (Wildman–Crippen LogP) is 2.93. The first-order valence-electron chi connectivity index (χ1n) is 10.2. The molecule has 8 nitrogen and oxygen atoms in total. The zero-order valence-corrected chi connectivity index (χ0v) is 19.0. The molecule has 31 heavy (non-hydrogen) atoms. The highest BCUT2D eigenvalue weighted by Crippen LogP contribution is 2.31. The Labute approximate surface area is 182 Å². The molecule has 2 aromatic carbocycles. The summed E-state index contributed by atoms with van der Waals surface area (Å²) in [4.78, 5) is 11.7. The molecule has 0 unspecified atom stereocenters. The molecule has 1 amide bonds. The topological polar surface area (TPSA) is 113 Å². The van der Waals surface area contributed by atoms with Crippen molar-refractivity contribution in [2.24, 2.45) is 0 Å². The second kappa shape index (κ2) is 7.92. The zero-order chi connectivity index (χ0) is 22.4. The van der Waals surface area contributed by atoms with Crippen molar-refractivity contribution < 1.29 is 21.6 Å². The van der Waals surface area contributed by atoms with E-state index in [-0.39, 0.29) is 39.9 Å². The third kappa shape index (κ3) is 4.19. The van der Waals surface area contributed by atoms with Gasteiger partial charge in [-0.05, 0) is 74.7 Å². The van der Waals surface area contributed by atoms with Gasteiger partial charge in [-0.1, -0.05) is 6.42 Å². The molecule has 166 valence electrons. The van der Waals surface area contributed by atoms with Crippen LogP contribution in [0.1, 0.15) is 38.7 Å². The van der Waals surface area contributed by atoms with E-state index < -0.39 is 20.0 Å². The second-order valence-corrected chi connectivity index (χ2v) is 11.7. The van der Waals surface area contributed by atoms with E-state index in [2.05, 4.69) is 10.0 Å². The molecule has 2 aliphatic rings. The van der Waals surface area contributed by atoms with Crippen LogP contribution in [0.25, 0.3) is 0 Å². The van der Waals surface area contributed by atoms with Crippen LogP contribution in [0, 0.1) is 0 Å². The van der Waals surface area contributed by atoms with E-state index in [9.17, 15) is 21.6 Å². The number of fused-ring (bicyclic) bond motifs is 1. The number of carbonyl (C=O) groups excluding carboxylic acids is 1. The highest BCUT2D eigenvalue weighted by molar-refractivity contribution is 7.92. The Morgan fingerprint density at radius 3 is 2.19 bits per heavy atom. The lowest BCUT2D eigenvalue weighted by Crippen LogP contribution is -2.47. The Hall–Kier alpha value is -2.43. The van der Waals surface area contributed by atoms with Gasteiger partial charge in [0.2, 0.25) is 15.9 Å². The van der Waals surface area contributed by atoms with Gasteiger partial charge in [0.05, 0.1) is 16.2 Å². The van der Waals surface area contributed by atoms with Crippen molar-refractivity contribution >= 4 is 37.3 Å². The van der Waals surface area contributed by atoms with Gasteiger partial charge in [0.1, 0.15) is 0 Å². The lowest BCUT2D eigenvalue weighted by Gasteiger charge is -2.37. The smallest absolute Gasteiger partial charge is 0.261 e. The maximum atomic E-state index is 13.1. The van der Waals surface area contributed by atoms with Gasteiger partial charge in [0.25, 0.3) is 10.0 Å². The summed E-state index contributed by atoms with van der Waals surface area (Å²) in [5, 5.41) is 2.66. The highest BCUT2D eigenvalue weighted by Gasteiger charge is 2.35. The van der Waals surface area contributed by atoms with Gasteiger partial charge in [-0.3, -0.25) is 9.52 Å². The Kier molecular flexibility index (Phi) is 5.57. The van der Waals surface area contributed by atoms with Crippen LogP contribution in [-0.4, -0.2) is 39.1 Å². The van der Waals surface area contributed by atoms with E-state index >= 15 is 0 Å². The van der Waals surface area contributed by atoms with Gasteiger partial charge in [-0.15, -0.1) is 0 Å². The molecule has 10 heteroatoms. The lowest BCUT2D eigenvalue weighted by molar-refractivity contribution is -0.115. The first-order valence-corrected chi connectivity index (χ1v) is 13.1. The summed E-state index contributed by atoms with van der Waals surface area (Å²) >= 11 is 0. The minimum Gasteiger partial charge on any atom is -0.326 e. The molecule has 2 aliphatic heterocycles. The molecule has 2 aromatic rings. The zero-order valence-electron chi connectivity index (χ0n) is 17.3. The Bertz CT molecular complexity index is 1210. The van der Waals surface area contributed by atoms with Gasteiger partial charge in [-0.2, -0.15) is 4.31 Å². The molecule has 2 atom stereocenters. The van der Waals surface area contributed by atoms with E-state index in [1.54, 1.807) is 10.4 Å². The van der Waals surface area contributed by atoms with Gasteiger partial charge in [0, 0.05) is 23.5 Å². The maximum Gasteiger partial charge on any atom is 0.261 e. The second-order valence-electron chi connectivity index (χ2n) is 8.14. The number of nitrogens with zero attached hydrogens (tertiary/aromatic N) is 1. The quantitative estimate of drug-likeness (QED) is 0.708. The number of carbonyl (C=O) groups is 1. The van der Waals surface area contributed by atoms with Crippen molar-refractivity contribution in [3.8, 4) is 0 Å². The van der Waals surface area contributed by atoms with Crippen LogP contribution in [0.15, 0.2) is 52.3 Å². The summed E-state index contributed by atoms with van der Waals surface area (Å²) in [6.07, 6.45) is 2.78. The average Bonchev–Trinajstić information content (AvgIpc) is 3.07. The summed E-state index contributed by atoms with van der Waals surface area (Å²) in [6.45, 7) is 3.82. The minimum absolute atomic E-state index is 0.0374. The molecular weight excluding hydrogens is 438 g/mol. The van der Waals surface area contributed by atoms with Gasteiger partial charge >= 0.3 is 0 Å². The lowest BCUT2D eigenvalue weighted by atomic mass is 10.0. The first kappa shape index (κ1) is 21.8. The number of hydrogen-bond donors (Lipinski definition) is 2. The van der Waals surface area contributed by atoms with Crippen LogP contribution in [0.5, 0.6) is 0 Å². The van der Waals surface area contributed by atoms with E-state index in [0.29, 0.717) is 11.3 Å². The summed E-state index contributed by atoms with van der Waals surface area (Å²) in [6, 6.07) is 10.0. The average molecular weight is 464 g/mol. The normalized spacial score (nSPS) is 22.1. The number of amides is 1. The Morgan fingerprint density at radius 1 is 0.935 bits per heavy atom. The van der Waals surface area contributed by atoms with Crippen molar-refractivity contribution in [2.75, 3.05) is 10.0 Å². The van der Waals surface area contributed by atoms with Crippen molar-refractivity contribution in [1.29, 1.82) is 0 Å². The van der Waals surface area contributed by atoms with E-state index in [0.717, 1.165) is 19.3 Å². The fourth-order valence-electron chi connectivity index (χ4n) is 4.27. The standard InChI is InChI=1S/C21H25N3O5S2/c1-14-4-3-5-15(2)24(14)31(28,29)18-8-6-17(7-9-18)23-30(26,27)19-10-11-20-16(12-19)13-21(25)22-20/h6-12,14-15,23H,3-5,13H2,1-2H3,(H,22,25)/t14-,15-/m0/s1. The van der Waals surface area contributed by atoms with Gasteiger partial charge in [0.15, 0.2) is 0 Å². The molecule has 2 N–H and O–H groups in total. The van der Waals surface area contributed by atoms with Crippen LogP contribution < -0.4 is 10.0 Å². The van der Waals surface area contributed by atoms with Crippen LogP contribution in [-0.2, 0) is 31.3 Å². The van der Waals surface area contributed by atoms with Crippen molar-refractivity contribution in [3.63, 3.8) is 0 Å². The van der Waals surface area contributed by atoms with Crippen molar-refractivity contribution in [1.82, 2.24) is 4.31 Å². The molecule has 2 heterocycles. The van der Waals surface area contributed by atoms with Crippen molar-refractivity contribution in [2.45, 2.75) is 61.4 Å². The molecule has 1 fully saturated rings. The summed E-state index contributed by atoms with van der Waals surface area (Å²) < 4.78 is 55.8. The largest absolute Gasteiger partial charge is 0.326 e. The molecule has 0 radical (unpaired) electrons. The first-order chi connectivity index (χ1) is 14.6. The molecule has 0 aromatic heterocycles. The number of anilines is 2. The molecule has 0 bridgehead atoms. The summed E-state index contributed by atoms with van der Waals surface area (Å²) in [7, 11) is -7.56. The number of benzene rings is 2. The van der Waals surface area contributed by atoms with Crippen molar-refractivity contribution in [3.05, 3.63) is 48.0 Å². The molecular formula is C21H25N3O5S2. The van der Waals surface area contributed by atoms with E-state index in [1.165, 1.54) is 36.4 Å². The van der Waals surface area contributed by atoms with Crippen LogP contribution in [0.2, 0.25) is 0 Å². The third-order valence-electron chi connectivity index (χ3n) is 5.81. The molecule has 0 saturated carbocycles. The maximum absolute atomic E-state index is 13.1. The third-order valence-corrected chi connectivity index (χ3v) is 9.33. The monoisotopic (exact) mass is 463 g/mol. The Morgan fingerprint density at radius 2 is 1.55 bits per heavy atom. The molecule has 1 saturated heterocycles. The number of piperidine rings is 1. The SMILES string of the molecule is C[C@H]1CCC[C@H](C)N1S(=O)(=O)c1ccc(NS(=O)(=O)c2ccc3c(c2)CC(=O)N3)cc1. The molecule has 0 spiro atoms. The fraction of sp³-hybridized carbons (Fsp3) is 0.381. The Balaban J connectivity index is 1.55. The van der Waals surface area contributed by atoms with E-state index in [1.807, 2.05) is 13.8 Å². The highest BCUT2D eigenvalue weighted by atomic mass is 32.2. The van der Waals surface area contributed by atoms with Gasteiger partial charge < -0.3 is 5.32 Å². The minimum atomic E-state index is -3.89. The van der Waals surface area contributed by atoms with Gasteiger partial charge in [-0.25, -0.2) is 16.8 Å². The van der Waals surface area contributed by atoms with Crippen LogP contribution >= 0.6 is 0 Å². The summed E-state index contributed by atoms with van der Waals surface area (Å²) in [5.41, 5.74) is 1.49. The predicted molar refractivity (Wildman–Crippen MR) is 118 cm³/mol. The number of sulfonamides is 2. The number of rotatable bonds is 5. The molecule has 4 rings (SSSR count). The number of hydrogen-bond acceptors (Lipinski definition) is 5. The van der Waals surface area contributed by atoms with Crippen LogP contribution in [0.4, 0.5) is 11.4 Å². The molecule has 0 aliphatic carbocycles. The summed E-state index contributed by atoms with van der Waals surface area (Å²) in [5.74, 6) is -0.174. The fourth-order valence-corrected chi connectivity index (χ4v) is 7.27. The van der Waals surface area contributed by atoms with E-state index in [4.69, 9.17) is 0 Å². The van der Waals surface area contributed by atoms with Crippen LogP contribution in [0.3, 0.4) is 0 Å².